The van der Waals surface area contributed by atoms with Crippen molar-refractivity contribution in [3.63, 3.8) is 0 Å². The van der Waals surface area contributed by atoms with Gasteiger partial charge in [0.2, 0.25) is 10.5 Å². The number of hydrogen-bond acceptors (Lipinski definition) is 2. The summed E-state index contributed by atoms with van der Waals surface area (Å²) in [5, 5.41) is 0. The lowest BCUT2D eigenvalue weighted by Gasteiger charge is -2.20. The van der Waals surface area contributed by atoms with Gasteiger partial charge in [-0.3, -0.25) is 0 Å². The largest absolute Gasteiger partial charge is 0.467 e. The molecule has 0 spiro atoms. The van der Waals surface area contributed by atoms with Crippen molar-refractivity contribution in [3.8, 4) is 0 Å². The van der Waals surface area contributed by atoms with Crippen LogP contribution in [0.1, 0.15) is 0 Å². The molecule has 0 aromatic carbocycles. The predicted molar refractivity (Wildman–Crippen MR) is 37.4 cm³/mol. The fourth-order valence-electron chi connectivity index (χ4n) is 0.371. The SMILES string of the molecule is COC(=O)C(F)C(Cl)(Cl)C(F)F. The summed E-state index contributed by atoms with van der Waals surface area (Å²) in [5.41, 5.74) is 0. The molecule has 0 aliphatic carbocycles. The van der Waals surface area contributed by atoms with Crippen LogP contribution in [-0.2, 0) is 9.53 Å². The molecule has 72 valence electrons. The van der Waals surface area contributed by atoms with Crippen molar-refractivity contribution < 1.29 is 22.7 Å². The maximum Gasteiger partial charge on any atom is 0.343 e. The van der Waals surface area contributed by atoms with Crippen LogP contribution in [0.15, 0.2) is 0 Å². The van der Waals surface area contributed by atoms with Crippen molar-refractivity contribution in [2.75, 3.05) is 7.11 Å². The molecule has 1 atom stereocenters. The number of alkyl halides is 5. The molecule has 0 saturated heterocycles. The molecule has 0 rings (SSSR count). The minimum absolute atomic E-state index is 0.838. The topological polar surface area (TPSA) is 26.3 Å². The van der Waals surface area contributed by atoms with Crippen molar-refractivity contribution in [1.82, 2.24) is 0 Å². The van der Waals surface area contributed by atoms with E-state index < -0.39 is 22.9 Å². The molecule has 0 aromatic heterocycles. The fraction of sp³-hybridized carbons (Fsp3) is 0.800. The van der Waals surface area contributed by atoms with E-state index in [2.05, 4.69) is 4.74 Å². The molecule has 2 nitrogen and oxygen atoms in total. The van der Waals surface area contributed by atoms with E-state index in [4.69, 9.17) is 23.2 Å². The van der Waals surface area contributed by atoms with Crippen molar-refractivity contribution >= 4 is 29.2 Å². The van der Waals surface area contributed by atoms with Crippen LogP contribution < -0.4 is 0 Å². The Morgan fingerprint density at radius 3 is 2.08 bits per heavy atom. The van der Waals surface area contributed by atoms with Crippen LogP contribution in [0.25, 0.3) is 0 Å². The number of rotatable bonds is 3. The van der Waals surface area contributed by atoms with Gasteiger partial charge in [0.15, 0.2) is 0 Å². The van der Waals surface area contributed by atoms with Crippen LogP contribution in [-0.4, -0.2) is 30.0 Å². The third kappa shape index (κ3) is 2.42. The van der Waals surface area contributed by atoms with Crippen LogP contribution in [0.5, 0.6) is 0 Å². The van der Waals surface area contributed by atoms with Crippen molar-refractivity contribution in [2.24, 2.45) is 0 Å². The van der Waals surface area contributed by atoms with E-state index in [0.717, 1.165) is 7.11 Å². The number of carbonyl (C=O) groups is 1. The Hall–Kier alpha value is -0.160. The molecule has 12 heavy (non-hydrogen) atoms. The second-order valence-corrected chi connectivity index (χ2v) is 3.31. The lowest BCUT2D eigenvalue weighted by molar-refractivity contribution is -0.148. The maximum atomic E-state index is 12.6. The molecule has 0 aromatic rings. The Kier molecular flexibility index (Phi) is 4.13. The summed E-state index contributed by atoms with van der Waals surface area (Å²) >= 11 is 9.67. The van der Waals surface area contributed by atoms with E-state index in [1.807, 2.05) is 0 Å². The van der Waals surface area contributed by atoms with Gasteiger partial charge in [-0.05, 0) is 0 Å². The fourth-order valence-corrected chi connectivity index (χ4v) is 0.549. The first kappa shape index (κ1) is 11.8. The number of esters is 1. The lowest BCUT2D eigenvalue weighted by atomic mass is 10.3. The van der Waals surface area contributed by atoms with Gasteiger partial charge in [-0.25, -0.2) is 18.0 Å². The van der Waals surface area contributed by atoms with Gasteiger partial charge in [-0.1, -0.05) is 23.2 Å². The monoisotopic (exact) mass is 224 g/mol. The van der Waals surface area contributed by atoms with Crippen LogP contribution >= 0.6 is 23.2 Å². The Morgan fingerprint density at radius 1 is 1.42 bits per heavy atom. The first-order chi connectivity index (χ1) is 5.34. The van der Waals surface area contributed by atoms with Gasteiger partial charge in [-0.2, -0.15) is 0 Å². The summed E-state index contributed by atoms with van der Waals surface area (Å²) in [5.74, 6) is -1.53. The molecule has 0 aliphatic rings. The highest BCUT2D eigenvalue weighted by Gasteiger charge is 2.49. The molecule has 0 bridgehead atoms. The first-order valence-corrected chi connectivity index (χ1v) is 3.47. The van der Waals surface area contributed by atoms with Crippen LogP contribution in [0.4, 0.5) is 13.2 Å². The summed E-state index contributed by atoms with van der Waals surface area (Å²) in [6.45, 7) is 0. The van der Waals surface area contributed by atoms with Gasteiger partial charge in [-0.15, -0.1) is 0 Å². The van der Waals surface area contributed by atoms with Gasteiger partial charge >= 0.3 is 5.97 Å². The normalized spacial score (nSPS) is 14.6. The first-order valence-electron chi connectivity index (χ1n) is 2.72. The highest BCUT2D eigenvalue weighted by molar-refractivity contribution is 6.50. The molecule has 0 radical (unpaired) electrons. The minimum atomic E-state index is -3.37. The Balaban J connectivity index is 4.45. The lowest BCUT2D eigenvalue weighted by Crippen LogP contribution is -2.41. The maximum absolute atomic E-state index is 12.6. The highest BCUT2D eigenvalue weighted by atomic mass is 35.5. The zero-order chi connectivity index (χ0) is 9.94. The molecule has 0 amide bonds. The zero-order valence-electron chi connectivity index (χ0n) is 5.86. The second kappa shape index (κ2) is 4.18. The summed E-state index contributed by atoms with van der Waals surface area (Å²) in [6.07, 6.45) is -6.12. The van der Waals surface area contributed by atoms with Crippen molar-refractivity contribution in [1.29, 1.82) is 0 Å². The quantitative estimate of drug-likeness (QED) is 0.541. The molecule has 0 fully saturated rings. The van der Waals surface area contributed by atoms with Gasteiger partial charge in [0, 0.05) is 0 Å². The average Bonchev–Trinajstić information content (AvgIpc) is 2.01. The number of halogens is 5. The van der Waals surface area contributed by atoms with E-state index in [1.165, 1.54) is 0 Å². The van der Waals surface area contributed by atoms with E-state index in [-0.39, 0.29) is 0 Å². The molecule has 0 saturated carbocycles. The highest BCUT2D eigenvalue weighted by Crippen LogP contribution is 2.34. The van der Waals surface area contributed by atoms with E-state index in [1.54, 1.807) is 0 Å². The van der Waals surface area contributed by atoms with Gasteiger partial charge in [0.1, 0.15) is 0 Å². The van der Waals surface area contributed by atoms with E-state index >= 15 is 0 Å². The van der Waals surface area contributed by atoms with Crippen molar-refractivity contribution in [2.45, 2.75) is 16.9 Å². The molecule has 0 N–H and O–H groups in total. The van der Waals surface area contributed by atoms with Gasteiger partial charge < -0.3 is 4.74 Å². The van der Waals surface area contributed by atoms with Gasteiger partial charge in [0.05, 0.1) is 7.11 Å². The van der Waals surface area contributed by atoms with Gasteiger partial charge in [0.25, 0.3) is 6.43 Å². The van der Waals surface area contributed by atoms with E-state index in [0.29, 0.717) is 0 Å². The Bertz CT molecular complexity index is 174. The minimum Gasteiger partial charge on any atom is -0.467 e. The number of ether oxygens (including phenoxy) is 1. The van der Waals surface area contributed by atoms with Crippen LogP contribution in [0, 0.1) is 0 Å². The molecule has 7 heteroatoms. The Labute approximate surface area is 76.6 Å². The van der Waals surface area contributed by atoms with Crippen LogP contribution in [0.3, 0.4) is 0 Å². The molecule has 0 aliphatic heterocycles. The number of carbonyl (C=O) groups excluding carboxylic acids is 1. The molecule has 0 heterocycles. The van der Waals surface area contributed by atoms with Crippen LogP contribution in [0.2, 0.25) is 0 Å². The zero-order valence-corrected chi connectivity index (χ0v) is 7.37. The number of hydrogen-bond donors (Lipinski definition) is 0. The Morgan fingerprint density at radius 2 is 1.83 bits per heavy atom. The second-order valence-electron chi connectivity index (χ2n) is 1.86. The third-order valence-corrected chi connectivity index (χ3v) is 1.75. The van der Waals surface area contributed by atoms with Crippen molar-refractivity contribution in [3.05, 3.63) is 0 Å². The van der Waals surface area contributed by atoms with E-state index in [9.17, 15) is 18.0 Å². The summed E-state index contributed by atoms with van der Waals surface area (Å²) in [6, 6.07) is 0. The average molecular weight is 225 g/mol. The third-order valence-electron chi connectivity index (χ3n) is 1.04. The standard InChI is InChI=1S/C5H5Cl2F3O2/c1-12-3(11)2(8)5(6,7)4(9)10/h2,4H,1H3. The number of methoxy groups -OCH3 is 1. The summed E-state index contributed by atoms with van der Waals surface area (Å²) in [7, 11) is 0.838. The molecular formula is C5H5Cl2F3O2. The smallest absolute Gasteiger partial charge is 0.343 e. The summed E-state index contributed by atoms with van der Waals surface area (Å²) in [4.78, 5) is 10.4. The predicted octanol–water partition coefficient (Wildman–Crippen LogP) is 1.94. The molecular weight excluding hydrogens is 220 g/mol. The summed E-state index contributed by atoms with van der Waals surface area (Å²) < 4.78 is 37.1. The molecule has 1 unspecified atom stereocenters.